The van der Waals surface area contributed by atoms with E-state index < -0.39 is 12.6 Å². The number of aryl methyl sites for hydroxylation is 1. The number of fused-ring (bicyclic) bond motifs is 1. The first-order valence-corrected chi connectivity index (χ1v) is 8.33. The predicted molar refractivity (Wildman–Crippen MR) is 87.8 cm³/mol. The number of aromatic nitrogens is 2. The maximum atomic E-state index is 12.3. The van der Waals surface area contributed by atoms with Gasteiger partial charge < -0.3 is 4.90 Å². The van der Waals surface area contributed by atoms with Gasteiger partial charge >= 0.3 is 6.18 Å². The van der Waals surface area contributed by atoms with Crippen molar-refractivity contribution in [1.82, 2.24) is 14.7 Å². The van der Waals surface area contributed by atoms with Gasteiger partial charge in [-0.3, -0.25) is 4.68 Å². The molecule has 24 heavy (non-hydrogen) atoms. The Balaban J connectivity index is 1.70. The second kappa shape index (κ2) is 6.97. The van der Waals surface area contributed by atoms with Crippen LogP contribution in [-0.2, 0) is 19.9 Å². The van der Waals surface area contributed by atoms with E-state index in [-0.39, 0.29) is 6.42 Å². The minimum Gasteiger partial charge on any atom is -0.303 e. The van der Waals surface area contributed by atoms with E-state index in [1.807, 2.05) is 29.9 Å². The molecule has 0 radical (unpaired) electrons. The highest BCUT2D eigenvalue weighted by atomic mass is 19.4. The summed E-state index contributed by atoms with van der Waals surface area (Å²) in [6.45, 7) is 2.08. The summed E-state index contributed by atoms with van der Waals surface area (Å²) < 4.78 is 38.9. The second-order valence-corrected chi connectivity index (χ2v) is 6.32. The Morgan fingerprint density at radius 2 is 1.79 bits per heavy atom. The van der Waals surface area contributed by atoms with Crippen LogP contribution >= 0.6 is 0 Å². The molecule has 0 aliphatic carbocycles. The molecule has 0 unspecified atom stereocenters. The van der Waals surface area contributed by atoms with Gasteiger partial charge in [0.25, 0.3) is 0 Å². The van der Waals surface area contributed by atoms with Crippen LogP contribution in [0.5, 0.6) is 0 Å². The number of benzene rings is 1. The van der Waals surface area contributed by atoms with Gasteiger partial charge in [-0.2, -0.15) is 18.3 Å². The van der Waals surface area contributed by atoms with Crippen molar-refractivity contribution in [3.63, 3.8) is 0 Å². The molecule has 2 heterocycles. The Hall–Kier alpha value is -1.82. The molecule has 3 nitrogen and oxygen atoms in total. The zero-order valence-electron chi connectivity index (χ0n) is 13.8. The number of nitrogens with zero attached hydrogens (tertiary/aromatic N) is 3. The molecular weight excluding hydrogens is 315 g/mol. The third kappa shape index (κ3) is 3.98. The van der Waals surface area contributed by atoms with Crippen molar-refractivity contribution in [1.29, 1.82) is 0 Å². The van der Waals surface area contributed by atoms with E-state index in [4.69, 9.17) is 0 Å². The van der Waals surface area contributed by atoms with Crippen LogP contribution in [0.2, 0.25) is 0 Å². The van der Waals surface area contributed by atoms with Crippen molar-refractivity contribution in [3.8, 4) is 11.3 Å². The summed E-state index contributed by atoms with van der Waals surface area (Å²) in [5.74, 6) is 0. The second-order valence-electron chi connectivity index (χ2n) is 6.32. The van der Waals surface area contributed by atoms with Crippen LogP contribution in [0, 0.1) is 0 Å². The van der Waals surface area contributed by atoms with Crippen LogP contribution in [0.4, 0.5) is 13.2 Å². The summed E-state index contributed by atoms with van der Waals surface area (Å²) in [5.41, 5.74) is 4.54. The summed E-state index contributed by atoms with van der Waals surface area (Å²) >= 11 is 0. The molecule has 0 spiro atoms. The molecule has 1 aliphatic heterocycles. The summed E-state index contributed by atoms with van der Waals surface area (Å²) in [4.78, 5) is 2.14. The zero-order valence-corrected chi connectivity index (χ0v) is 13.8. The monoisotopic (exact) mass is 337 g/mol. The highest BCUT2D eigenvalue weighted by Crippen LogP contribution is 2.28. The first-order chi connectivity index (χ1) is 11.4. The molecule has 2 aromatic rings. The van der Waals surface area contributed by atoms with Gasteiger partial charge in [0, 0.05) is 49.8 Å². The van der Waals surface area contributed by atoms with Gasteiger partial charge in [-0.05, 0) is 19.4 Å². The van der Waals surface area contributed by atoms with Crippen molar-refractivity contribution in [2.24, 2.45) is 7.05 Å². The van der Waals surface area contributed by atoms with E-state index in [1.165, 1.54) is 11.3 Å². The minimum absolute atomic E-state index is 0.170. The van der Waals surface area contributed by atoms with Crippen LogP contribution in [0.3, 0.4) is 0 Å². The lowest BCUT2D eigenvalue weighted by Gasteiger charge is -2.20. The first kappa shape index (κ1) is 17.0. The van der Waals surface area contributed by atoms with Crippen molar-refractivity contribution in [3.05, 3.63) is 41.6 Å². The number of alkyl halides is 3. The van der Waals surface area contributed by atoms with Gasteiger partial charge in [0.15, 0.2) is 0 Å². The number of hydrogen-bond donors (Lipinski definition) is 0. The number of halogens is 3. The third-order valence-electron chi connectivity index (χ3n) is 4.60. The fourth-order valence-electron chi connectivity index (χ4n) is 3.38. The SMILES string of the molecule is Cn1nc(-c2ccccc2)c2c1CCN(CCCC(F)(F)F)CC2. The Kier molecular flexibility index (Phi) is 4.94. The van der Waals surface area contributed by atoms with Crippen molar-refractivity contribution < 1.29 is 13.2 Å². The van der Waals surface area contributed by atoms with E-state index in [0.29, 0.717) is 6.54 Å². The lowest BCUT2D eigenvalue weighted by molar-refractivity contribution is -0.136. The Labute approximate surface area is 140 Å². The molecule has 0 saturated heterocycles. The summed E-state index contributed by atoms with van der Waals surface area (Å²) in [6.07, 6.45) is -2.92. The van der Waals surface area contributed by atoms with Crippen LogP contribution in [0.25, 0.3) is 11.3 Å². The van der Waals surface area contributed by atoms with Crippen LogP contribution in [0.15, 0.2) is 30.3 Å². The molecule has 1 aromatic carbocycles. The quantitative estimate of drug-likeness (QED) is 0.845. The van der Waals surface area contributed by atoms with Gasteiger partial charge in [0.2, 0.25) is 0 Å². The van der Waals surface area contributed by atoms with Crippen LogP contribution in [0.1, 0.15) is 24.1 Å². The Morgan fingerprint density at radius 3 is 2.50 bits per heavy atom. The van der Waals surface area contributed by atoms with E-state index >= 15 is 0 Å². The van der Waals surface area contributed by atoms with Crippen molar-refractivity contribution in [2.45, 2.75) is 31.9 Å². The van der Waals surface area contributed by atoms with E-state index in [9.17, 15) is 13.2 Å². The topological polar surface area (TPSA) is 21.1 Å². The third-order valence-corrected chi connectivity index (χ3v) is 4.60. The first-order valence-electron chi connectivity index (χ1n) is 8.33. The number of hydrogen-bond acceptors (Lipinski definition) is 2. The van der Waals surface area contributed by atoms with Gasteiger partial charge in [-0.1, -0.05) is 30.3 Å². The standard InChI is InChI=1S/C18H22F3N3/c1-23-16-9-13-24(11-5-10-18(19,20)21)12-8-15(16)17(22-23)14-6-3-2-4-7-14/h2-4,6-7H,5,8-13H2,1H3. The summed E-state index contributed by atoms with van der Waals surface area (Å²) in [5, 5.41) is 4.67. The smallest absolute Gasteiger partial charge is 0.303 e. The average Bonchev–Trinajstić information content (AvgIpc) is 2.71. The van der Waals surface area contributed by atoms with Gasteiger partial charge in [-0.25, -0.2) is 0 Å². The van der Waals surface area contributed by atoms with Crippen molar-refractivity contribution >= 4 is 0 Å². The molecule has 0 saturated carbocycles. The van der Waals surface area contributed by atoms with Gasteiger partial charge in [0.1, 0.15) is 0 Å². The summed E-state index contributed by atoms with van der Waals surface area (Å²) in [7, 11) is 1.95. The Morgan fingerprint density at radius 1 is 1.08 bits per heavy atom. The molecule has 0 N–H and O–H groups in total. The largest absolute Gasteiger partial charge is 0.389 e. The van der Waals surface area contributed by atoms with E-state index in [0.717, 1.165) is 37.2 Å². The molecular formula is C18H22F3N3. The normalized spacial score (nSPS) is 16.0. The fraction of sp³-hybridized carbons (Fsp3) is 0.500. The molecule has 0 fully saturated rings. The van der Waals surface area contributed by atoms with Crippen LogP contribution in [-0.4, -0.2) is 40.5 Å². The lowest BCUT2D eigenvalue weighted by atomic mass is 10.0. The van der Waals surface area contributed by atoms with Gasteiger partial charge in [-0.15, -0.1) is 0 Å². The molecule has 6 heteroatoms. The highest BCUT2D eigenvalue weighted by Gasteiger charge is 2.27. The Bertz CT molecular complexity index is 677. The van der Waals surface area contributed by atoms with E-state index in [2.05, 4.69) is 22.1 Å². The fourth-order valence-corrected chi connectivity index (χ4v) is 3.38. The molecule has 3 rings (SSSR count). The molecule has 0 amide bonds. The molecule has 0 bridgehead atoms. The van der Waals surface area contributed by atoms with Crippen LogP contribution < -0.4 is 0 Å². The lowest BCUT2D eigenvalue weighted by Crippen LogP contribution is -2.28. The summed E-state index contributed by atoms with van der Waals surface area (Å²) in [6, 6.07) is 10.1. The van der Waals surface area contributed by atoms with E-state index in [1.54, 1.807) is 0 Å². The zero-order chi connectivity index (χ0) is 17.2. The number of rotatable bonds is 4. The molecule has 0 atom stereocenters. The highest BCUT2D eigenvalue weighted by molar-refractivity contribution is 5.64. The molecule has 1 aliphatic rings. The van der Waals surface area contributed by atoms with Gasteiger partial charge in [0.05, 0.1) is 5.69 Å². The maximum absolute atomic E-state index is 12.3. The van der Waals surface area contributed by atoms with Crippen molar-refractivity contribution in [2.75, 3.05) is 19.6 Å². The predicted octanol–water partition coefficient (Wildman–Crippen LogP) is 3.83. The molecule has 130 valence electrons. The average molecular weight is 337 g/mol. The molecule has 1 aromatic heterocycles. The minimum atomic E-state index is -4.06. The maximum Gasteiger partial charge on any atom is 0.389 e.